The third-order valence-corrected chi connectivity index (χ3v) is 2.73. The summed E-state index contributed by atoms with van der Waals surface area (Å²) in [5.74, 6) is 0.343. The summed E-state index contributed by atoms with van der Waals surface area (Å²) in [6, 6.07) is 9.45. The molecule has 2 rings (SSSR count). The van der Waals surface area contributed by atoms with Gasteiger partial charge < -0.3 is 5.32 Å². The van der Waals surface area contributed by atoms with Crippen molar-refractivity contribution in [2.45, 2.75) is 0 Å². The summed E-state index contributed by atoms with van der Waals surface area (Å²) in [6.45, 7) is 0. The number of anilines is 1. The van der Waals surface area contributed by atoms with Crippen LogP contribution < -0.4 is 5.32 Å². The van der Waals surface area contributed by atoms with Crippen LogP contribution in [0, 0.1) is 0 Å². The number of hydrogen-bond acceptors (Lipinski definition) is 2. The highest BCUT2D eigenvalue weighted by Crippen LogP contribution is 2.12. The maximum absolute atomic E-state index is 11.6. The fraction of sp³-hybridized carbons (Fsp3) is 0.0769. The maximum Gasteiger partial charge on any atom is 0.249 e. The van der Waals surface area contributed by atoms with Crippen molar-refractivity contribution in [1.29, 1.82) is 0 Å². The molecule has 0 spiro atoms. The molecule has 1 N–H and O–H groups in total. The van der Waals surface area contributed by atoms with Crippen LogP contribution in [0.4, 0.5) is 5.82 Å². The standard InChI is InChI=1S/C13H12BrN3O/c1-17-8-7-12(16-17)15-13(18)6-5-10-3-2-4-11(14)9-10/h2-9H,1H3,(H,15,16,18). The molecule has 0 saturated heterocycles. The second-order valence-electron chi connectivity index (χ2n) is 3.75. The van der Waals surface area contributed by atoms with Gasteiger partial charge in [0, 0.05) is 29.9 Å². The fourth-order valence-corrected chi connectivity index (χ4v) is 1.85. The molecule has 0 radical (unpaired) electrons. The number of nitrogens with zero attached hydrogens (tertiary/aromatic N) is 2. The van der Waals surface area contributed by atoms with Crippen molar-refractivity contribution in [3.8, 4) is 0 Å². The zero-order chi connectivity index (χ0) is 13.0. The summed E-state index contributed by atoms with van der Waals surface area (Å²) in [7, 11) is 1.80. The number of benzene rings is 1. The molecule has 1 aromatic carbocycles. The average molecular weight is 306 g/mol. The monoisotopic (exact) mass is 305 g/mol. The van der Waals surface area contributed by atoms with Crippen LogP contribution >= 0.6 is 15.9 Å². The van der Waals surface area contributed by atoms with Gasteiger partial charge in [0.05, 0.1) is 0 Å². The Hall–Kier alpha value is -1.88. The van der Waals surface area contributed by atoms with Crippen molar-refractivity contribution < 1.29 is 4.79 Å². The van der Waals surface area contributed by atoms with Gasteiger partial charge in [-0.15, -0.1) is 0 Å². The van der Waals surface area contributed by atoms with Crippen LogP contribution in [0.25, 0.3) is 6.08 Å². The third kappa shape index (κ3) is 3.56. The van der Waals surface area contributed by atoms with E-state index in [1.165, 1.54) is 6.08 Å². The van der Waals surface area contributed by atoms with Gasteiger partial charge in [-0.2, -0.15) is 5.10 Å². The van der Waals surface area contributed by atoms with Crippen LogP contribution in [0.15, 0.2) is 47.1 Å². The Morgan fingerprint density at radius 1 is 1.44 bits per heavy atom. The van der Waals surface area contributed by atoms with Crippen LogP contribution in [0.2, 0.25) is 0 Å². The van der Waals surface area contributed by atoms with Crippen molar-refractivity contribution in [2.75, 3.05) is 5.32 Å². The van der Waals surface area contributed by atoms with Gasteiger partial charge in [0.1, 0.15) is 0 Å². The fourth-order valence-electron chi connectivity index (χ4n) is 1.43. The minimum absolute atomic E-state index is 0.200. The molecule has 5 heteroatoms. The molecular formula is C13H12BrN3O. The van der Waals surface area contributed by atoms with E-state index in [1.807, 2.05) is 24.3 Å². The van der Waals surface area contributed by atoms with Crippen LogP contribution in [0.1, 0.15) is 5.56 Å². The van der Waals surface area contributed by atoms with Gasteiger partial charge in [-0.25, -0.2) is 0 Å². The Bertz CT molecular complexity index is 589. The summed E-state index contributed by atoms with van der Waals surface area (Å²) >= 11 is 3.38. The van der Waals surface area contributed by atoms with Crippen molar-refractivity contribution in [1.82, 2.24) is 9.78 Å². The zero-order valence-electron chi connectivity index (χ0n) is 9.80. The number of nitrogens with one attached hydrogen (secondary N) is 1. The number of rotatable bonds is 3. The third-order valence-electron chi connectivity index (χ3n) is 2.24. The predicted molar refractivity (Wildman–Crippen MR) is 75.0 cm³/mol. The smallest absolute Gasteiger partial charge is 0.249 e. The minimum atomic E-state index is -0.200. The maximum atomic E-state index is 11.6. The minimum Gasteiger partial charge on any atom is -0.306 e. The molecule has 2 aromatic rings. The van der Waals surface area contributed by atoms with Gasteiger partial charge in [0.2, 0.25) is 5.91 Å². The summed E-state index contributed by atoms with van der Waals surface area (Å²) in [5.41, 5.74) is 0.959. The first-order valence-corrected chi connectivity index (χ1v) is 6.17. The van der Waals surface area contributed by atoms with Crippen LogP contribution in [0.3, 0.4) is 0 Å². The lowest BCUT2D eigenvalue weighted by molar-refractivity contribution is -0.111. The zero-order valence-corrected chi connectivity index (χ0v) is 11.4. The molecule has 0 saturated carbocycles. The summed E-state index contributed by atoms with van der Waals surface area (Å²) < 4.78 is 2.61. The molecule has 18 heavy (non-hydrogen) atoms. The van der Waals surface area contributed by atoms with Crippen molar-refractivity contribution in [2.24, 2.45) is 7.05 Å². The second-order valence-corrected chi connectivity index (χ2v) is 4.67. The van der Waals surface area contributed by atoms with E-state index in [4.69, 9.17) is 0 Å². The quantitative estimate of drug-likeness (QED) is 0.886. The molecule has 1 heterocycles. The molecule has 0 aliphatic rings. The van der Waals surface area contributed by atoms with E-state index in [0.717, 1.165) is 10.0 Å². The van der Waals surface area contributed by atoms with Crippen LogP contribution in [-0.4, -0.2) is 15.7 Å². The van der Waals surface area contributed by atoms with Crippen molar-refractivity contribution in [3.05, 3.63) is 52.6 Å². The number of amides is 1. The van der Waals surface area contributed by atoms with E-state index in [9.17, 15) is 4.79 Å². The Labute approximate surface area is 113 Å². The normalized spacial score (nSPS) is 10.8. The number of aryl methyl sites for hydroxylation is 1. The van der Waals surface area contributed by atoms with Crippen LogP contribution in [0.5, 0.6) is 0 Å². The second kappa shape index (κ2) is 5.64. The number of halogens is 1. The SMILES string of the molecule is Cn1ccc(NC(=O)C=Cc2cccc(Br)c2)n1. The summed E-state index contributed by atoms with van der Waals surface area (Å²) in [5, 5.41) is 6.74. The van der Waals surface area contributed by atoms with Gasteiger partial charge in [0.15, 0.2) is 5.82 Å². The van der Waals surface area contributed by atoms with Crippen LogP contribution in [-0.2, 0) is 11.8 Å². The van der Waals surface area contributed by atoms with E-state index < -0.39 is 0 Å². The highest BCUT2D eigenvalue weighted by molar-refractivity contribution is 9.10. The van der Waals surface area contributed by atoms with E-state index >= 15 is 0 Å². The largest absolute Gasteiger partial charge is 0.306 e. The Kier molecular flexibility index (Phi) is 3.94. The van der Waals surface area contributed by atoms with Crippen molar-refractivity contribution in [3.63, 3.8) is 0 Å². The topological polar surface area (TPSA) is 46.9 Å². The molecule has 0 fully saturated rings. The lowest BCUT2D eigenvalue weighted by atomic mass is 10.2. The Morgan fingerprint density at radius 3 is 2.94 bits per heavy atom. The molecule has 0 unspecified atom stereocenters. The summed E-state index contributed by atoms with van der Waals surface area (Å²) in [4.78, 5) is 11.6. The molecular weight excluding hydrogens is 294 g/mol. The van der Waals surface area contributed by atoms with Gasteiger partial charge in [-0.1, -0.05) is 28.1 Å². The first-order valence-electron chi connectivity index (χ1n) is 5.38. The number of carbonyl (C=O) groups excluding carboxylic acids is 1. The van der Waals surface area contributed by atoms with Gasteiger partial charge in [-0.3, -0.25) is 9.48 Å². The summed E-state index contributed by atoms with van der Waals surface area (Å²) in [6.07, 6.45) is 5.01. The van der Waals surface area contributed by atoms with Gasteiger partial charge >= 0.3 is 0 Å². The Balaban J connectivity index is 1.99. The van der Waals surface area contributed by atoms with E-state index in [0.29, 0.717) is 5.82 Å². The highest BCUT2D eigenvalue weighted by atomic mass is 79.9. The molecule has 1 amide bonds. The van der Waals surface area contributed by atoms with Crippen molar-refractivity contribution >= 4 is 33.7 Å². The van der Waals surface area contributed by atoms with Gasteiger partial charge in [0.25, 0.3) is 0 Å². The first kappa shape index (κ1) is 12.6. The molecule has 1 aromatic heterocycles. The lowest BCUT2D eigenvalue weighted by Gasteiger charge is -1.97. The van der Waals surface area contributed by atoms with E-state index in [-0.39, 0.29) is 5.91 Å². The van der Waals surface area contributed by atoms with E-state index in [2.05, 4.69) is 26.3 Å². The predicted octanol–water partition coefficient (Wildman–Crippen LogP) is 2.83. The molecule has 0 aliphatic heterocycles. The number of aromatic nitrogens is 2. The first-order chi connectivity index (χ1) is 8.63. The molecule has 92 valence electrons. The molecule has 0 atom stereocenters. The highest BCUT2D eigenvalue weighted by Gasteiger charge is 2.00. The lowest BCUT2D eigenvalue weighted by Crippen LogP contribution is -2.08. The molecule has 0 aliphatic carbocycles. The number of carbonyl (C=O) groups is 1. The molecule has 4 nitrogen and oxygen atoms in total. The molecule has 0 bridgehead atoms. The van der Waals surface area contributed by atoms with Gasteiger partial charge in [-0.05, 0) is 23.8 Å². The average Bonchev–Trinajstić information content (AvgIpc) is 2.72. The Morgan fingerprint density at radius 2 is 2.28 bits per heavy atom. The van der Waals surface area contributed by atoms with E-state index in [1.54, 1.807) is 30.1 Å². The number of hydrogen-bond donors (Lipinski definition) is 1.